The van der Waals surface area contributed by atoms with E-state index in [1.165, 1.54) is 0 Å². The van der Waals surface area contributed by atoms with E-state index in [-0.39, 0.29) is 0 Å². The standard InChI is InChI=1S/C9H18O2/c1-3-5-6-7-11-9-8-10-4-2/h3,5H,4,6-9H2,1-2H3. The van der Waals surface area contributed by atoms with E-state index >= 15 is 0 Å². The van der Waals surface area contributed by atoms with E-state index in [2.05, 4.69) is 6.08 Å². The molecule has 0 aliphatic heterocycles. The van der Waals surface area contributed by atoms with Crippen molar-refractivity contribution in [2.24, 2.45) is 0 Å². The van der Waals surface area contributed by atoms with Crippen LogP contribution in [-0.2, 0) is 9.47 Å². The Morgan fingerprint density at radius 2 is 1.82 bits per heavy atom. The lowest BCUT2D eigenvalue weighted by Crippen LogP contribution is -2.04. The lowest BCUT2D eigenvalue weighted by molar-refractivity contribution is 0.0547. The summed E-state index contributed by atoms with van der Waals surface area (Å²) in [4.78, 5) is 0. The minimum atomic E-state index is 0.714. The first-order chi connectivity index (χ1) is 5.41. The summed E-state index contributed by atoms with van der Waals surface area (Å²) < 4.78 is 10.4. The maximum absolute atomic E-state index is 5.26. The van der Waals surface area contributed by atoms with Crippen LogP contribution in [-0.4, -0.2) is 26.4 Å². The van der Waals surface area contributed by atoms with Crippen LogP contribution in [0.2, 0.25) is 0 Å². The molecule has 0 aliphatic rings. The quantitative estimate of drug-likeness (QED) is 0.417. The summed E-state index contributed by atoms with van der Waals surface area (Å²) in [6, 6.07) is 0. The van der Waals surface area contributed by atoms with Crippen molar-refractivity contribution < 1.29 is 9.47 Å². The van der Waals surface area contributed by atoms with Crippen molar-refractivity contribution in [2.75, 3.05) is 26.4 Å². The Bertz CT molecular complexity index is 89.6. The topological polar surface area (TPSA) is 18.5 Å². The maximum Gasteiger partial charge on any atom is 0.0700 e. The molecule has 0 aromatic heterocycles. The fourth-order valence-electron chi connectivity index (χ4n) is 0.682. The van der Waals surface area contributed by atoms with Gasteiger partial charge in [-0.1, -0.05) is 12.2 Å². The monoisotopic (exact) mass is 158 g/mol. The third-order valence-electron chi connectivity index (χ3n) is 1.24. The van der Waals surface area contributed by atoms with Crippen molar-refractivity contribution in [1.29, 1.82) is 0 Å². The van der Waals surface area contributed by atoms with Gasteiger partial charge in [-0.25, -0.2) is 0 Å². The fraction of sp³-hybridized carbons (Fsp3) is 0.778. The van der Waals surface area contributed by atoms with Crippen LogP contribution in [0, 0.1) is 0 Å². The molecule has 0 aromatic carbocycles. The summed E-state index contributed by atoms with van der Waals surface area (Å²) >= 11 is 0. The molecule has 11 heavy (non-hydrogen) atoms. The van der Waals surface area contributed by atoms with Gasteiger partial charge in [-0.3, -0.25) is 0 Å². The van der Waals surface area contributed by atoms with E-state index in [4.69, 9.17) is 9.47 Å². The van der Waals surface area contributed by atoms with Gasteiger partial charge in [0.1, 0.15) is 0 Å². The molecule has 0 bridgehead atoms. The van der Waals surface area contributed by atoms with Crippen LogP contribution in [0.25, 0.3) is 0 Å². The van der Waals surface area contributed by atoms with Crippen molar-refractivity contribution in [3.63, 3.8) is 0 Å². The molecule has 0 heterocycles. The second-order valence-corrected chi connectivity index (χ2v) is 2.17. The Hall–Kier alpha value is -0.340. The molecular formula is C9H18O2. The highest BCUT2D eigenvalue weighted by Gasteiger charge is 1.85. The molecule has 2 nitrogen and oxygen atoms in total. The van der Waals surface area contributed by atoms with Gasteiger partial charge in [0.05, 0.1) is 19.8 Å². The van der Waals surface area contributed by atoms with Crippen LogP contribution in [0.3, 0.4) is 0 Å². The molecule has 0 aromatic rings. The molecule has 0 N–H and O–H groups in total. The number of hydrogen-bond acceptors (Lipinski definition) is 2. The number of allylic oxidation sites excluding steroid dienone is 1. The highest BCUT2D eigenvalue weighted by atomic mass is 16.5. The fourth-order valence-corrected chi connectivity index (χ4v) is 0.682. The normalized spacial score (nSPS) is 11.1. The average molecular weight is 158 g/mol. The van der Waals surface area contributed by atoms with Gasteiger partial charge < -0.3 is 9.47 Å². The maximum atomic E-state index is 5.26. The third-order valence-corrected chi connectivity index (χ3v) is 1.24. The van der Waals surface area contributed by atoms with Crippen LogP contribution >= 0.6 is 0 Å². The van der Waals surface area contributed by atoms with Gasteiger partial charge in [-0.15, -0.1) is 0 Å². The first-order valence-corrected chi connectivity index (χ1v) is 4.18. The number of ether oxygens (including phenoxy) is 2. The highest BCUT2D eigenvalue weighted by molar-refractivity contribution is 4.75. The van der Waals surface area contributed by atoms with E-state index in [9.17, 15) is 0 Å². The molecule has 0 aliphatic carbocycles. The Kier molecular flexibility index (Phi) is 9.36. The minimum Gasteiger partial charge on any atom is -0.379 e. The van der Waals surface area contributed by atoms with Gasteiger partial charge in [0, 0.05) is 6.61 Å². The van der Waals surface area contributed by atoms with Crippen LogP contribution in [0.5, 0.6) is 0 Å². The minimum absolute atomic E-state index is 0.714. The Morgan fingerprint density at radius 3 is 2.45 bits per heavy atom. The van der Waals surface area contributed by atoms with E-state index in [1.54, 1.807) is 0 Å². The molecule has 0 amide bonds. The average Bonchev–Trinajstić information content (AvgIpc) is 2.03. The van der Waals surface area contributed by atoms with Crippen molar-refractivity contribution in [3.05, 3.63) is 12.2 Å². The van der Waals surface area contributed by atoms with Crippen molar-refractivity contribution >= 4 is 0 Å². The SMILES string of the molecule is CC=CCCOCCOCC. The van der Waals surface area contributed by atoms with Gasteiger partial charge in [-0.2, -0.15) is 0 Å². The Labute approximate surface area is 69.2 Å². The lowest BCUT2D eigenvalue weighted by Gasteiger charge is -2.01. The van der Waals surface area contributed by atoms with Crippen LogP contribution < -0.4 is 0 Å². The molecule has 0 rings (SSSR count). The van der Waals surface area contributed by atoms with Crippen molar-refractivity contribution in [3.8, 4) is 0 Å². The van der Waals surface area contributed by atoms with Crippen molar-refractivity contribution in [1.82, 2.24) is 0 Å². The van der Waals surface area contributed by atoms with Gasteiger partial charge in [0.25, 0.3) is 0 Å². The second kappa shape index (κ2) is 9.66. The molecular weight excluding hydrogens is 140 g/mol. The number of rotatable bonds is 7. The zero-order valence-electron chi connectivity index (χ0n) is 7.51. The number of hydrogen-bond donors (Lipinski definition) is 0. The molecule has 0 saturated heterocycles. The summed E-state index contributed by atoms with van der Waals surface area (Å²) in [6.45, 7) is 7.01. The van der Waals surface area contributed by atoms with Crippen molar-refractivity contribution in [2.45, 2.75) is 20.3 Å². The third kappa shape index (κ3) is 9.66. The van der Waals surface area contributed by atoms with E-state index in [1.807, 2.05) is 19.9 Å². The zero-order chi connectivity index (χ0) is 8.36. The highest BCUT2D eigenvalue weighted by Crippen LogP contribution is 1.85. The molecule has 0 atom stereocenters. The molecule has 0 radical (unpaired) electrons. The van der Waals surface area contributed by atoms with E-state index in [0.29, 0.717) is 13.2 Å². The predicted octanol–water partition coefficient (Wildman–Crippen LogP) is 2.01. The summed E-state index contributed by atoms with van der Waals surface area (Å²) in [5, 5.41) is 0. The summed E-state index contributed by atoms with van der Waals surface area (Å²) in [6.07, 6.45) is 5.13. The predicted molar refractivity (Wildman–Crippen MR) is 46.7 cm³/mol. The largest absolute Gasteiger partial charge is 0.379 e. The summed E-state index contributed by atoms with van der Waals surface area (Å²) in [7, 11) is 0. The molecule has 66 valence electrons. The zero-order valence-corrected chi connectivity index (χ0v) is 7.51. The van der Waals surface area contributed by atoms with Gasteiger partial charge >= 0.3 is 0 Å². The first-order valence-electron chi connectivity index (χ1n) is 4.18. The molecule has 0 fully saturated rings. The van der Waals surface area contributed by atoms with Gasteiger partial charge in [0.2, 0.25) is 0 Å². The molecule has 2 heteroatoms. The first kappa shape index (κ1) is 10.7. The second-order valence-electron chi connectivity index (χ2n) is 2.17. The van der Waals surface area contributed by atoms with Gasteiger partial charge in [-0.05, 0) is 20.3 Å². The lowest BCUT2D eigenvalue weighted by atomic mass is 10.4. The van der Waals surface area contributed by atoms with Crippen LogP contribution in [0.1, 0.15) is 20.3 Å². The van der Waals surface area contributed by atoms with Crippen LogP contribution in [0.4, 0.5) is 0 Å². The van der Waals surface area contributed by atoms with Crippen LogP contribution in [0.15, 0.2) is 12.2 Å². The Balaban J connectivity index is 2.79. The molecule has 0 saturated carbocycles. The smallest absolute Gasteiger partial charge is 0.0700 e. The van der Waals surface area contributed by atoms with E-state index in [0.717, 1.165) is 19.6 Å². The van der Waals surface area contributed by atoms with Gasteiger partial charge in [0.15, 0.2) is 0 Å². The molecule has 0 spiro atoms. The Morgan fingerprint density at radius 1 is 1.09 bits per heavy atom. The summed E-state index contributed by atoms with van der Waals surface area (Å²) in [5.41, 5.74) is 0. The van der Waals surface area contributed by atoms with E-state index < -0.39 is 0 Å². The molecule has 0 unspecified atom stereocenters. The summed E-state index contributed by atoms with van der Waals surface area (Å²) in [5.74, 6) is 0.